The quantitative estimate of drug-likeness (QED) is 0.420. The van der Waals surface area contributed by atoms with Crippen molar-refractivity contribution in [1.29, 1.82) is 0 Å². The van der Waals surface area contributed by atoms with Crippen molar-refractivity contribution in [3.63, 3.8) is 0 Å². The monoisotopic (exact) mass is 206 g/mol. The maximum atomic E-state index is 4.75. The number of nitrogens with two attached hydrogens (primary N) is 2. The average Bonchev–Trinajstić information content (AvgIpc) is 0.811. The summed E-state index contributed by atoms with van der Waals surface area (Å²) in [5.41, 5.74) is 9.50. The van der Waals surface area contributed by atoms with Gasteiger partial charge >= 0.3 is 48.8 Å². The van der Waals surface area contributed by atoms with Crippen LogP contribution in [-0.2, 0) is 0 Å². The van der Waals surface area contributed by atoms with Crippen LogP contribution in [-0.4, -0.2) is 37.3 Å². The Balaban J connectivity index is 0. The van der Waals surface area contributed by atoms with Gasteiger partial charge in [0.2, 0.25) is 0 Å². The fourth-order valence-electron chi connectivity index (χ4n) is 0. The molecular weight excluding hydrogens is 198 g/mol. The summed E-state index contributed by atoms with van der Waals surface area (Å²) in [5, 5.41) is 0. The van der Waals surface area contributed by atoms with Crippen molar-refractivity contribution in [2.24, 2.45) is 11.5 Å². The van der Waals surface area contributed by atoms with Crippen molar-refractivity contribution in [3.8, 4) is 0 Å². The van der Waals surface area contributed by atoms with E-state index >= 15 is 0 Å². The van der Waals surface area contributed by atoms with Crippen molar-refractivity contribution < 1.29 is 0 Å². The van der Waals surface area contributed by atoms with Crippen LogP contribution in [0.1, 0.15) is 0 Å². The molecule has 0 saturated heterocycles. The molecule has 0 aromatic heterocycles. The van der Waals surface area contributed by atoms with Gasteiger partial charge in [-0.05, 0) is 0 Å². The normalized spacial score (nSPS) is 4.80. The van der Waals surface area contributed by atoms with E-state index in [1.165, 1.54) is 0 Å². The van der Waals surface area contributed by atoms with Crippen molar-refractivity contribution in [2.75, 3.05) is 0 Å². The zero-order chi connectivity index (χ0) is 3.58. The van der Waals surface area contributed by atoms with E-state index in [0.717, 1.165) is 0 Å². The molecule has 0 fully saturated rings. The van der Waals surface area contributed by atoms with E-state index in [1.54, 1.807) is 0 Å². The average molecular weight is 204 g/mol. The van der Waals surface area contributed by atoms with Gasteiger partial charge in [0.05, 0.1) is 0 Å². The Bertz CT molecular complexity index is 30.6. The molecule has 0 unspecified atom stereocenters. The molecule has 0 amide bonds. The molecular formula is CH6N2Se2. The molecule has 0 spiro atoms. The van der Waals surface area contributed by atoms with Crippen LogP contribution in [0.4, 0.5) is 0 Å². The molecule has 4 N–H and O–H groups in total. The molecule has 0 aliphatic rings. The summed E-state index contributed by atoms with van der Waals surface area (Å²) in [4.78, 5) is 0. The molecule has 5 heavy (non-hydrogen) atoms. The molecule has 0 atom stereocenters. The number of hydrogen-bond acceptors (Lipinski definition) is 2. The van der Waals surface area contributed by atoms with E-state index in [9.17, 15) is 0 Å². The SMILES string of the molecule is NC(N)=[Se].[SeH2]. The van der Waals surface area contributed by atoms with Crippen LogP contribution in [0.15, 0.2) is 0 Å². The van der Waals surface area contributed by atoms with Crippen molar-refractivity contribution in [2.45, 2.75) is 0 Å². The van der Waals surface area contributed by atoms with E-state index in [-0.39, 0.29) is 17.1 Å². The van der Waals surface area contributed by atoms with Gasteiger partial charge in [-0.3, -0.25) is 0 Å². The van der Waals surface area contributed by atoms with Crippen LogP contribution >= 0.6 is 0 Å². The van der Waals surface area contributed by atoms with Gasteiger partial charge in [0.25, 0.3) is 0 Å². The van der Waals surface area contributed by atoms with Crippen molar-refractivity contribution in [3.05, 3.63) is 0 Å². The van der Waals surface area contributed by atoms with E-state index in [2.05, 4.69) is 15.6 Å². The van der Waals surface area contributed by atoms with Gasteiger partial charge in [0, 0.05) is 0 Å². The molecule has 0 aliphatic heterocycles. The fraction of sp³-hybridized carbons (Fsp3) is 0. The molecule has 0 aromatic carbocycles. The van der Waals surface area contributed by atoms with Gasteiger partial charge in [0.1, 0.15) is 0 Å². The van der Waals surface area contributed by atoms with Gasteiger partial charge in [0.15, 0.2) is 0 Å². The first-order chi connectivity index (χ1) is 1.73. The van der Waals surface area contributed by atoms with Crippen LogP contribution in [0.5, 0.6) is 0 Å². The number of rotatable bonds is 0. The Kier molecular flexibility index (Phi) is 8.20. The Morgan fingerprint density at radius 3 is 1.40 bits per heavy atom. The van der Waals surface area contributed by atoms with Gasteiger partial charge in [-0.1, -0.05) is 0 Å². The topological polar surface area (TPSA) is 52.0 Å². The molecule has 0 bridgehead atoms. The Labute approximate surface area is 49.1 Å². The standard InChI is InChI=1S/CH4N2Se.H2Se/c2-1(3)4;/h(H4,2,3,4);1H2. The van der Waals surface area contributed by atoms with Crippen LogP contribution in [0, 0.1) is 0 Å². The minimum atomic E-state index is 0. The van der Waals surface area contributed by atoms with Crippen LogP contribution < -0.4 is 11.5 Å². The molecule has 0 saturated carbocycles. The minimum absolute atomic E-state index is 0. The van der Waals surface area contributed by atoms with Crippen molar-refractivity contribution in [1.82, 2.24) is 0 Å². The molecule has 4 heteroatoms. The fourth-order valence-corrected chi connectivity index (χ4v) is 0. The van der Waals surface area contributed by atoms with Crippen LogP contribution in [0.3, 0.4) is 0 Å². The van der Waals surface area contributed by atoms with Gasteiger partial charge in [-0.15, -0.1) is 0 Å². The van der Waals surface area contributed by atoms with Gasteiger partial charge in [-0.25, -0.2) is 0 Å². The zero-order valence-electron chi connectivity index (χ0n) is 2.56. The summed E-state index contributed by atoms with van der Waals surface area (Å²) in [6, 6.07) is 0. The maximum absolute atomic E-state index is 4.75. The third-order valence-corrected chi connectivity index (χ3v) is 0. The summed E-state index contributed by atoms with van der Waals surface area (Å²) in [5.74, 6) is 0. The first-order valence-electron chi connectivity index (χ1n) is 0.781. The predicted octanol–water partition coefficient (Wildman–Crippen LogP) is -2.76. The molecule has 0 rings (SSSR count). The Morgan fingerprint density at radius 1 is 1.40 bits per heavy atom. The molecule has 0 heterocycles. The predicted molar refractivity (Wildman–Crippen MR) is 27.7 cm³/mol. The van der Waals surface area contributed by atoms with E-state index < -0.39 is 0 Å². The summed E-state index contributed by atoms with van der Waals surface area (Å²) >= 11 is 2.38. The molecule has 2 nitrogen and oxygen atoms in total. The molecule has 32 valence electrons. The van der Waals surface area contributed by atoms with Crippen LogP contribution in [0.2, 0.25) is 0 Å². The summed E-state index contributed by atoms with van der Waals surface area (Å²) in [6.07, 6.45) is 0. The van der Waals surface area contributed by atoms with Crippen LogP contribution in [0.25, 0.3) is 0 Å². The molecule has 0 aromatic rings. The van der Waals surface area contributed by atoms with E-state index in [0.29, 0.717) is 4.67 Å². The first-order valence-corrected chi connectivity index (χ1v) is 1.64. The molecule has 0 radical (unpaired) electrons. The molecule has 0 aliphatic carbocycles. The van der Waals surface area contributed by atoms with E-state index in [1.807, 2.05) is 0 Å². The Hall–Kier alpha value is 0.509. The first kappa shape index (κ1) is 9.10. The van der Waals surface area contributed by atoms with E-state index in [4.69, 9.17) is 11.5 Å². The second-order valence-electron chi connectivity index (χ2n) is 0.402. The van der Waals surface area contributed by atoms with Gasteiger partial charge < -0.3 is 0 Å². The Morgan fingerprint density at radius 2 is 1.40 bits per heavy atom. The second-order valence-corrected chi connectivity index (χ2v) is 1.39. The zero-order valence-corrected chi connectivity index (χ0v) is 6.37. The third-order valence-electron chi connectivity index (χ3n) is 0. The van der Waals surface area contributed by atoms with Crippen molar-refractivity contribution >= 4 is 37.3 Å². The summed E-state index contributed by atoms with van der Waals surface area (Å²) < 4.78 is 0.292. The summed E-state index contributed by atoms with van der Waals surface area (Å²) in [7, 11) is 0. The second kappa shape index (κ2) is 4.51. The van der Waals surface area contributed by atoms with Gasteiger partial charge in [-0.2, -0.15) is 0 Å². The third kappa shape index (κ3) is 110. The number of hydrogen-bond donors (Lipinski definition) is 2. The summed E-state index contributed by atoms with van der Waals surface area (Å²) in [6.45, 7) is 0.